The van der Waals surface area contributed by atoms with E-state index in [-0.39, 0.29) is 29.0 Å². The summed E-state index contributed by atoms with van der Waals surface area (Å²) in [6.45, 7) is -0.208. The Morgan fingerprint density at radius 2 is 2.29 bits per heavy atom. The summed E-state index contributed by atoms with van der Waals surface area (Å²) in [7, 11) is 1.34. The zero-order chi connectivity index (χ0) is 4.99. The molecule has 0 saturated heterocycles. The van der Waals surface area contributed by atoms with Gasteiger partial charge < -0.3 is 9.84 Å². The quantitative estimate of drug-likeness (QED) is 0.620. The summed E-state index contributed by atoms with van der Waals surface area (Å²) in [5.74, 6) is -0.933. The second kappa shape index (κ2) is 6.17. The number of aliphatic carboxylic acids is 1. The van der Waals surface area contributed by atoms with E-state index in [4.69, 9.17) is 5.11 Å². The van der Waals surface area contributed by atoms with Crippen molar-refractivity contribution in [2.24, 2.45) is 0 Å². The predicted molar refractivity (Wildman–Crippen MR) is 19.5 cm³/mol. The molecule has 0 heterocycles. The first kappa shape index (κ1) is 10.2. The van der Waals surface area contributed by atoms with Crippen LogP contribution in [0.1, 0.15) is 0 Å². The summed E-state index contributed by atoms with van der Waals surface area (Å²) in [6.07, 6.45) is 0. The van der Waals surface area contributed by atoms with Crippen LogP contribution in [0.4, 0.5) is 0 Å². The van der Waals surface area contributed by atoms with Crippen molar-refractivity contribution in [3.63, 3.8) is 0 Å². The van der Waals surface area contributed by atoms with Crippen molar-refractivity contribution < 1.29 is 37.0 Å². The van der Waals surface area contributed by atoms with Crippen molar-refractivity contribution in [1.82, 2.24) is 0 Å². The molecule has 0 aliphatic carbocycles. The third kappa shape index (κ3) is 10.7. The molecule has 0 aliphatic rings. The maximum atomic E-state index is 9.47. The molecule has 7 heavy (non-hydrogen) atoms. The molecule has 0 atom stereocenters. The van der Waals surface area contributed by atoms with Crippen LogP contribution in [-0.2, 0) is 31.9 Å². The number of carboxylic acid groups (broad SMARTS) is 1. The Morgan fingerprint density at radius 3 is 2.29 bits per heavy atom. The van der Waals surface area contributed by atoms with Crippen LogP contribution in [0, 0.1) is 0 Å². The second-order valence-corrected chi connectivity index (χ2v) is 0.827. The Morgan fingerprint density at radius 1 is 1.86 bits per heavy atom. The third-order valence-electron chi connectivity index (χ3n) is 0.268. The number of methoxy groups -OCH3 is 1. The minimum atomic E-state index is -0.933. The first-order chi connectivity index (χ1) is 2.77. The minimum Gasteiger partial charge on any atom is -0.480 e. The second-order valence-electron chi connectivity index (χ2n) is 0.827. The molecule has 0 amide bonds. The Balaban J connectivity index is 0. The first-order valence-electron chi connectivity index (χ1n) is 1.48. The number of carboxylic acids is 1. The summed E-state index contributed by atoms with van der Waals surface area (Å²) in [5.41, 5.74) is 0. The molecular formula is C3H6AgO3. The summed E-state index contributed by atoms with van der Waals surface area (Å²) in [5, 5.41) is 7.79. The van der Waals surface area contributed by atoms with E-state index in [0.717, 1.165) is 0 Å². The van der Waals surface area contributed by atoms with Gasteiger partial charge in [-0.2, -0.15) is 0 Å². The molecule has 0 spiro atoms. The Bertz CT molecular complexity index is 54.1. The van der Waals surface area contributed by atoms with Gasteiger partial charge in [-0.3, -0.25) is 0 Å². The molecule has 0 unspecified atom stereocenters. The smallest absolute Gasteiger partial charge is 0.329 e. The van der Waals surface area contributed by atoms with Gasteiger partial charge in [0, 0.05) is 29.5 Å². The number of rotatable bonds is 2. The van der Waals surface area contributed by atoms with E-state index < -0.39 is 5.97 Å². The number of hydrogen-bond acceptors (Lipinski definition) is 2. The normalized spacial score (nSPS) is 7.00. The van der Waals surface area contributed by atoms with Crippen LogP contribution >= 0.6 is 0 Å². The van der Waals surface area contributed by atoms with Crippen LogP contribution in [0.3, 0.4) is 0 Å². The molecule has 0 bridgehead atoms. The van der Waals surface area contributed by atoms with Crippen LogP contribution < -0.4 is 0 Å². The monoisotopic (exact) mass is 197 g/mol. The van der Waals surface area contributed by atoms with Crippen molar-refractivity contribution in [2.75, 3.05) is 13.7 Å². The molecule has 1 radical (unpaired) electrons. The molecule has 0 fully saturated rings. The van der Waals surface area contributed by atoms with Crippen molar-refractivity contribution in [3.05, 3.63) is 0 Å². The molecule has 4 heteroatoms. The van der Waals surface area contributed by atoms with Gasteiger partial charge >= 0.3 is 5.97 Å². The van der Waals surface area contributed by atoms with Crippen LogP contribution in [0.5, 0.6) is 0 Å². The van der Waals surface area contributed by atoms with Gasteiger partial charge in [0.05, 0.1) is 0 Å². The fourth-order valence-electron chi connectivity index (χ4n) is 0.123. The van der Waals surface area contributed by atoms with Crippen molar-refractivity contribution in [3.8, 4) is 0 Å². The van der Waals surface area contributed by atoms with Crippen LogP contribution in [0.2, 0.25) is 0 Å². The number of ether oxygens (including phenoxy) is 1. The zero-order valence-corrected chi connectivity index (χ0v) is 5.25. The number of carbonyl (C=O) groups is 1. The Hall–Kier alpha value is 0.170. The maximum absolute atomic E-state index is 9.47. The molecule has 3 nitrogen and oxygen atoms in total. The van der Waals surface area contributed by atoms with E-state index in [9.17, 15) is 4.79 Å². The van der Waals surface area contributed by atoms with Crippen molar-refractivity contribution >= 4 is 5.97 Å². The van der Waals surface area contributed by atoms with E-state index in [1.165, 1.54) is 7.11 Å². The summed E-state index contributed by atoms with van der Waals surface area (Å²) in [4.78, 5) is 9.47. The molecule has 0 aliphatic heterocycles. The molecule has 1 N–H and O–H groups in total. The topological polar surface area (TPSA) is 46.5 Å². The van der Waals surface area contributed by atoms with E-state index in [1.54, 1.807) is 0 Å². The van der Waals surface area contributed by atoms with Gasteiger partial charge in [-0.1, -0.05) is 0 Å². The predicted octanol–water partition coefficient (Wildman–Crippen LogP) is -0.285. The van der Waals surface area contributed by atoms with E-state index in [2.05, 4.69) is 4.74 Å². The van der Waals surface area contributed by atoms with Gasteiger partial charge in [0.25, 0.3) is 0 Å². The zero-order valence-electron chi connectivity index (χ0n) is 3.77. The SMILES string of the molecule is COCC(=O)O.[Ag]. The van der Waals surface area contributed by atoms with Gasteiger partial charge in [0.2, 0.25) is 0 Å². The molecule has 0 aromatic rings. The largest absolute Gasteiger partial charge is 0.480 e. The summed E-state index contributed by atoms with van der Waals surface area (Å²) < 4.78 is 4.20. The third-order valence-corrected chi connectivity index (χ3v) is 0.268. The summed E-state index contributed by atoms with van der Waals surface area (Å²) >= 11 is 0. The van der Waals surface area contributed by atoms with Gasteiger partial charge in [-0.15, -0.1) is 0 Å². The maximum Gasteiger partial charge on any atom is 0.329 e. The number of hydrogen-bond donors (Lipinski definition) is 1. The van der Waals surface area contributed by atoms with Gasteiger partial charge in [0.1, 0.15) is 6.61 Å². The summed E-state index contributed by atoms with van der Waals surface area (Å²) in [6, 6.07) is 0. The average Bonchev–Trinajstić information content (AvgIpc) is 1.35. The molecule has 0 rings (SSSR count). The van der Waals surface area contributed by atoms with Crippen LogP contribution in [0.25, 0.3) is 0 Å². The van der Waals surface area contributed by atoms with E-state index in [0.29, 0.717) is 0 Å². The van der Waals surface area contributed by atoms with Crippen LogP contribution in [-0.4, -0.2) is 24.8 Å². The fourth-order valence-corrected chi connectivity index (χ4v) is 0.123. The van der Waals surface area contributed by atoms with E-state index >= 15 is 0 Å². The molecule has 0 aromatic carbocycles. The first-order valence-corrected chi connectivity index (χ1v) is 1.48. The van der Waals surface area contributed by atoms with Crippen LogP contribution in [0.15, 0.2) is 0 Å². The average molecular weight is 198 g/mol. The minimum absolute atomic E-state index is 0. The van der Waals surface area contributed by atoms with Crippen molar-refractivity contribution in [1.29, 1.82) is 0 Å². The van der Waals surface area contributed by atoms with Gasteiger partial charge in [0.15, 0.2) is 0 Å². The van der Waals surface area contributed by atoms with Gasteiger partial charge in [-0.05, 0) is 0 Å². The van der Waals surface area contributed by atoms with Crippen molar-refractivity contribution in [2.45, 2.75) is 0 Å². The molecular weight excluding hydrogens is 192 g/mol. The Kier molecular flexibility index (Phi) is 9.00. The molecule has 0 aromatic heterocycles. The molecule has 0 saturated carbocycles. The fraction of sp³-hybridized carbons (Fsp3) is 0.667. The van der Waals surface area contributed by atoms with Gasteiger partial charge in [-0.25, -0.2) is 4.79 Å². The molecule has 47 valence electrons. The Labute approximate surface area is 57.2 Å². The van der Waals surface area contributed by atoms with E-state index in [1.807, 2.05) is 0 Å². The standard InChI is InChI=1S/C3H6O3.Ag/c1-6-2-3(4)5;/h2H2,1H3,(H,4,5);.